The summed E-state index contributed by atoms with van der Waals surface area (Å²) in [5.41, 5.74) is 15.2. The number of amides is 3. The van der Waals surface area contributed by atoms with Gasteiger partial charge in [0.25, 0.3) is 0 Å². The summed E-state index contributed by atoms with van der Waals surface area (Å²) in [4.78, 5) is 67.4. The van der Waals surface area contributed by atoms with Crippen molar-refractivity contribution in [1.29, 1.82) is 5.26 Å². The molecule has 0 bridgehead atoms. The number of aromatic nitrogens is 1. The van der Waals surface area contributed by atoms with E-state index in [0.29, 0.717) is 68.0 Å². The molecule has 0 aliphatic carbocycles. The number of aliphatic hydroxyl groups excluding tert-OH is 1. The molecule has 10 heterocycles. The molecule has 564 valence electrons. The summed E-state index contributed by atoms with van der Waals surface area (Å²) in [5, 5.41) is 17.6. The van der Waals surface area contributed by atoms with Gasteiger partial charge in [-0.2, -0.15) is 5.26 Å². The van der Waals surface area contributed by atoms with Crippen LogP contribution < -0.4 is 19.6 Å². The van der Waals surface area contributed by atoms with E-state index < -0.39 is 16.8 Å². The van der Waals surface area contributed by atoms with Crippen LogP contribution in [0.25, 0.3) is 10.9 Å². The summed E-state index contributed by atoms with van der Waals surface area (Å²) < 4.78 is 16.6. The Balaban J connectivity index is 0.000000166. The predicted octanol–water partition coefficient (Wildman–Crippen LogP) is 13.7. The number of ether oxygens (including phenoxy) is 3. The first kappa shape index (κ1) is 79.0. The van der Waals surface area contributed by atoms with Gasteiger partial charge < -0.3 is 61.0 Å². The van der Waals surface area contributed by atoms with Gasteiger partial charge in [0, 0.05) is 223 Å². The van der Waals surface area contributed by atoms with Crippen LogP contribution in [0.4, 0.5) is 37.1 Å². The van der Waals surface area contributed by atoms with Crippen molar-refractivity contribution in [3.05, 3.63) is 167 Å². The van der Waals surface area contributed by atoms with Crippen molar-refractivity contribution in [2.45, 2.75) is 182 Å². The molecule has 5 aromatic carbocycles. The van der Waals surface area contributed by atoms with Crippen molar-refractivity contribution in [1.82, 2.24) is 39.3 Å². The van der Waals surface area contributed by atoms with Gasteiger partial charge >= 0.3 is 18.3 Å². The van der Waals surface area contributed by atoms with Crippen LogP contribution >= 0.6 is 0 Å². The largest absolute Gasteiger partial charge is 0.444 e. The van der Waals surface area contributed by atoms with Crippen LogP contribution in [0.15, 0.2) is 115 Å². The maximum Gasteiger partial charge on any atom is 0.410 e. The van der Waals surface area contributed by atoms with Crippen LogP contribution in [-0.4, -0.2) is 209 Å². The van der Waals surface area contributed by atoms with Gasteiger partial charge in [0.1, 0.15) is 22.9 Å². The number of hydrogen-bond donors (Lipinski definition) is 1. The van der Waals surface area contributed by atoms with Crippen LogP contribution in [0.1, 0.15) is 165 Å². The van der Waals surface area contributed by atoms with Gasteiger partial charge in [-0.05, 0) is 196 Å². The first-order valence-electron chi connectivity index (χ1n) is 37.4. The zero-order valence-corrected chi connectivity index (χ0v) is 65.8. The van der Waals surface area contributed by atoms with Crippen molar-refractivity contribution >= 4 is 51.9 Å². The third kappa shape index (κ3) is 18.3. The maximum absolute atomic E-state index is 12.5. The summed E-state index contributed by atoms with van der Waals surface area (Å²) in [6.45, 7) is 41.6. The van der Waals surface area contributed by atoms with Gasteiger partial charge in [-0.3, -0.25) is 24.6 Å². The molecule has 6 aromatic rings. The molecule has 0 spiro atoms. The normalized spacial score (nSPS) is 22.5. The molecule has 6 saturated heterocycles. The fourth-order valence-electron chi connectivity index (χ4n) is 16.7. The monoisotopic (exact) mass is 1510 g/mol. The second kappa shape index (κ2) is 33.5. The molecular formula is C83H114N13O7Pd-. The Morgan fingerprint density at radius 3 is 1.36 bits per heavy atom. The Bertz CT molecular complexity index is 3960. The SMILES string of the molecule is CO.C[C@@H]1CCC[C@@H]2c3ccc(N4CCN(C(=O)OC(C)(C)C)CC4)cc3CN12.C[C@@H]1CN(Cc2ccccc2)C[C@@H]2c3ccc(N4CCN(C(=O)OC(C)(C)C)CC4)cc3CN12.C[C@@H]1CN(c2ccc(C#N)c3ncccc23)C[C@@H]2c3ccc(N4CCN(C(=O)OC(C)(C)C)CC4)cc3CN12.[CH3-].[Pd]. The number of hydrogen-bond acceptors (Lipinski definition) is 17. The zero-order chi connectivity index (χ0) is 72.4. The van der Waals surface area contributed by atoms with Crippen LogP contribution in [-0.2, 0) is 60.8 Å². The molecule has 1 N–H and O–H groups in total. The van der Waals surface area contributed by atoms with E-state index in [1.165, 1.54) is 75.3 Å². The van der Waals surface area contributed by atoms with Crippen molar-refractivity contribution < 1.29 is 54.1 Å². The van der Waals surface area contributed by atoms with E-state index in [1.54, 1.807) is 6.20 Å². The number of carbonyl (C=O) groups excluding carboxylic acids is 3. The number of benzene rings is 5. The molecular weight excluding hydrogens is 1400 g/mol. The number of anilines is 4. The molecule has 20 nitrogen and oxygen atoms in total. The molecule has 9 aliphatic rings. The molecule has 0 unspecified atom stereocenters. The van der Waals surface area contributed by atoms with E-state index in [-0.39, 0.29) is 46.1 Å². The summed E-state index contributed by atoms with van der Waals surface area (Å²) in [6, 6.07) is 45.1. The number of rotatable bonds is 6. The molecule has 104 heavy (non-hydrogen) atoms. The second-order valence-electron chi connectivity index (χ2n) is 32.3. The zero-order valence-electron chi connectivity index (χ0n) is 64.2. The minimum absolute atomic E-state index is 0. The fourth-order valence-corrected chi connectivity index (χ4v) is 16.7. The first-order chi connectivity index (χ1) is 48.8. The minimum Gasteiger partial charge on any atom is -0.444 e. The molecule has 6 fully saturated rings. The third-order valence-electron chi connectivity index (χ3n) is 21.7. The van der Waals surface area contributed by atoms with Crippen LogP contribution in [0, 0.1) is 18.8 Å². The standard InChI is InChI=1S/C31H36N6O2.C28H38N4O2.C22H33N3O2.CH4O.CH3.Pd/c1-21-18-36(27-10-7-22(17-32)29-26(27)6-5-11-33-29)20-28-25-9-8-24(16-23(25)19-37(21)28)34-12-14-35(15-13-34)30(38)39-31(2,3)4;1-21-17-29(18-22-8-6-5-7-9-22)20-26-25-11-10-24(16-23(25)19-32(21)26)30-12-14-31(15-13-30)27(33)34-28(2,3)4;1-16-6-5-7-20-19-9-8-18(14-17(19)15-25(16)20)23-10-12-24(13-11-23)21(26)27-22(2,3)4;1-2;;/h5-11,16,21,28H,12-15,18-20H2,1-4H3;5-11,16,21,26H,12-15,17-20H2,1-4H3;8-9,14,16,20H,5-7,10-13,15H2,1-4H3;2H,1H3;1H3;/q;;;;-1;/t21-,28-;21-,26-;16-,20-;;;/m111.../s1. The number of nitrogens with zero attached hydrogens (tertiary/aromatic N) is 13. The van der Waals surface area contributed by atoms with E-state index in [1.807, 2.05) is 89.1 Å². The van der Waals surface area contributed by atoms with Crippen LogP contribution in [0.5, 0.6) is 0 Å². The molecule has 15 rings (SSSR count). The molecule has 21 heteroatoms. The van der Waals surface area contributed by atoms with Crippen molar-refractivity contribution in [3.8, 4) is 6.07 Å². The topological polar surface area (TPSA) is 171 Å². The number of aliphatic hydroxyl groups is 1. The molecule has 0 radical (unpaired) electrons. The van der Waals surface area contributed by atoms with Gasteiger partial charge in [-0.1, -0.05) is 55.0 Å². The Morgan fingerprint density at radius 2 is 0.913 bits per heavy atom. The summed E-state index contributed by atoms with van der Waals surface area (Å²) >= 11 is 0. The number of fused-ring (bicyclic) bond motifs is 10. The van der Waals surface area contributed by atoms with Crippen molar-refractivity contribution in [2.24, 2.45) is 0 Å². The van der Waals surface area contributed by atoms with Crippen LogP contribution in [0.2, 0.25) is 0 Å². The Hall–Kier alpha value is -7.53. The van der Waals surface area contributed by atoms with Gasteiger partial charge in [0.15, 0.2) is 0 Å². The summed E-state index contributed by atoms with van der Waals surface area (Å²) in [6.07, 6.45) is 5.10. The average Bonchev–Trinajstić information content (AvgIpc) is 1.61. The van der Waals surface area contributed by atoms with Crippen molar-refractivity contribution in [3.63, 3.8) is 0 Å². The van der Waals surface area contributed by atoms with E-state index in [0.717, 1.165) is 128 Å². The molecule has 0 saturated carbocycles. The smallest absolute Gasteiger partial charge is 0.410 e. The number of piperidine rings is 1. The second-order valence-corrected chi connectivity index (χ2v) is 32.3. The Labute approximate surface area is 633 Å². The summed E-state index contributed by atoms with van der Waals surface area (Å²) in [7, 11) is 1.00. The number of piperazine rings is 5. The summed E-state index contributed by atoms with van der Waals surface area (Å²) in [5.74, 6) is 0. The van der Waals surface area contributed by atoms with Crippen molar-refractivity contribution in [2.75, 3.05) is 131 Å². The Morgan fingerprint density at radius 1 is 0.490 bits per heavy atom. The van der Waals surface area contributed by atoms with Gasteiger partial charge in [0.2, 0.25) is 0 Å². The first-order valence-corrected chi connectivity index (χ1v) is 37.4. The molecule has 3 amide bonds. The number of nitriles is 1. The average molecular weight is 1510 g/mol. The van der Waals surface area contributed by atoms with Gasteiger partial charge in [0.05, 0.1) is 17.1 Å². The van der Waals surface area contributed by atoms with E-state index in [2.05, 4.69) is 168 Å². The molecule has 1 aromatic heterocycles. The molecule has 6 atom stereocenters. The van der Waals surface area contributed by atoms with E-state index in [9.17, 15) is 19.6 Å². The number of pyridine rings is 1. The third-order valence-corrected chi connectivity index (χ3v) is 21.7. The number of carbonyl (C=O) groups is 3. The van der Waals surface area contributed by atoms with Gasteiger partial charge in [-0.15, -0.1) is 0 Å². The fraction of sp³-hybridized carbons (Fsp3) is 0.542. The Kier molecular flexibility index (Phi) is 25.5. The van der Waals surface area contributed by atoms with Crippen LogP contribution in [0.3, 0.4) is 0 Å². The van der Waals surface area contributed by atoms with Gasteiger partial charge in [-0.25, -0.2) is 14.4 Å². The molecule has 9 aliphatic heterocycles. The maximum atomic E-state index is 12.5. The predicted molar refractivity (Wildman–Crippen MR) is 411 cm³/mol. The van der Waals surface area contributed by atoms with E-state index in [4.69, 9.17) is 19.3 Å². The quantitative estimate of drug-likeness (QED) is 0.0947. The van der Waals surface area contributed by atoms with E-state index >= 15 is 0 Å². The minimum atomic E-state index is -0.475.